The van der Waals surface area contributed by atoms with Crippen molar-refractivity contribution in [2.45, 2.75) is 32.2 Å². The summed E-state index contributed by atoms with van der Waals surface area (Å²) in [6.07, 6.45) is 2.73. The van der Waals surface area contributed by atoms with Crippen LogP contribution < -0.4 is 0 Å². The Morgan fingerprint density at radius 1 is 1.30 bits per heavy atom. The Morgan fingerprint density at radius 3 is 2.60 bits per heavy atom. The summed E-state index contributed by atoms with van der Waals surface area (Å²) in [4.78, 5) is 31.3. The fourth-order valence-corrected chi connectivity index (χ4v) is 2.55. The van der Waals surface area contributed by atoms with Crippen molar-refractivity contribution < 1.29 is 19.3 Å². The number of carbonyl (C=O) groups is 2. The van der Waals surface area contributed by atoms with Crippen LogP contribution in [-0.4, -0.2) is 76.4 Å². The molecule has 0 spiro atoms. The summed E-state index contributed by atoms with van der Waals surface area (Å²) in [6.45, 7) is 2.38. The number of aliphatic hydroxyl groups is 1. The Labute approximate surface area is 118 Å². The first-order chi connectivity index (χ1) is 9.52. The van der Waals surface area contributed by atoms with Gasteiger partial charge in [0.2, 0.25) is 0 Å². The van der Waals surface area contributed by atoms with Crippen LogP contribution in [0.25, 0.3) is 0 Å². The van der Waals surface area contributed by atoms with E-state index in [0.717, 1.165) is 30.0 Å². The number of β-amino-alcohol motifs (C(OH)–C–C–N with tert-alkyl or cyclic N) is 1. The number of hydrogen-bond donors (Lipinski definition) is 1. The standard InChI is InChI=1S/C13H21N4O3/c1-4-5-6-9-14-11-10(17(9)7-8-18)12(19)16(3)13(20)15(11)2/h10,18H,4-8H2,1-3H3/q+1. The summed E-state index contributed by atoms with van der Waals surface area (Å²) in [5.74, 6) is 0.966. The molecule has 1 unspecified atom stereocenters. The van der Waals surface area contributed by atoms with Crippen LogP contribution in [0, 0.1) is 0 Å². The third-order valence-electron chi connectivity index (χ3n) is 3.71. The van der Waals surface area contributed by atoms with Crippen molar-refractivity contribution in [3.05, 3.63) is 0 Å². The van der Waals surface area contributed by atoms with Gasteiger partial charge in [-0.05, 0) is 11.4 Å². The summed E-state index contributed by atoms with van der Waals surface area (Å²) < 4.78 is 1.81. The van der Waals surface area contributed by atoms with E-state index >= 15 is 0 Å². The molecule has 7 nitrogen and oxygen atoms in total. The normalized spacial score (nSPS) is 22.6. The smallest absolute Gasteiger partial charge is 0.333 e. The Bertz CT molecular complexity index is 498. The van der Waals surface area contributed by atoms with E-state index in [1.54, 1.807) is 7.05 Å². The average Bonchev–Trinajstić information content (AvgIpc) is 2.80. The van der Waals surface area contributed by atoms with E-state index in [-0.39, 0.29) is 18.5 Å². The molecule has 3 amide bonds. The molecular weight excluding hydrogens is 260 g/mol. The molecule has 0 aromatic carbocycles. The van der Waals surface area contributed by atoms with Crippen molar-refractivity contribution in [1.82, 2.24) is 9.80 Å². The van der Waals surface area contributed by atoms with Crippen LogP contribution in [0.5, 0.6) is 0 Å². The van der Waals surface area contributed by atoms with Crippen LogP contribution in [0.4, 0.5) is 4.79 Å². The van der Waals surface area contributed by atoms with Crippen molar-refractivity contribution in [1.29, 1.82) is 0 Å². The second-order valence-corrected chi connectivity index (χ2v) is 5.05. The maximum Gasteiger partial charge on any atom is 0.333 e. The molecule has 1 atom stereocenters. The molecule has 2 rings (SSSR count). The first-order valence-corrected chi connectivity index (χ1v) is 6.90. The molecule has 1 fully saturated rings. The number of fused-ring (bicyclic) bond motifs is 1. The number of amidine groups is 2. The number of urea groups is 1. The number of unbranched alkanes of at least 4 members (excludes halogenated alkanes) is 1. The van der Waals surface area contributed by atoms with Gasteiger partial charge in [0.1, 0.15) is 6.54 Å². The lowest BCUT2D eigenvalue weighted by Gasteiger charge is -2.30. The van der Waals surface area contributed by atoms with E-state index in [9.17, 15) is 14.7 Å². The Balaban J connectivity index is 2.38. The molecule has 7 heteroatoms. The molecule has 0 aromatic heterocycles. The van der Waals surface area contributed by atoms with Crippen LogP contribution in [0.1, 0.15) is 26.2 Å². The molecule has 1 saturated heterocycles. The molecule has 2 aliphatic heterocycles. The van der Waals surface area contributed by atoms with Crippen LogP contribution in [-0.2, 0) is 4.79 Å². The minimum atomic E-state index is -0.582. The number of imide groups is 1. The van der Waals surface area contributed by atoms with Crippen LogP contribution in [0.3, 0.4) is 0 Å². The number of amides is 3. The second kappa shape index (κ2) is 5.70. The number of rotatable bonds is 5. The van der Waals surface area contributed by atoms with Gasteiger partial charge in [-0.25, -0.2) is 9.37 Å². The summed E-state index contributed by atoms with van der Waals surface area (Å²) in [6, 6.07) is -0.951. The fourth-order valence-electron chi connectivity index (χ4n) is 2.55. The topological polar surface area (TPSA) is 76.2 Å². The lowest BCUT2D eigenvalue weighted by Crippen LogP contribution is -2.61. The molecule has 0 aliphatic carbocycles. The zero-order valence-corrected chi connectivity index (χ0v) is 12.2. The number of aliphatic imine (C=N–C) groups is 1. The van der Waals surface area contributed by atoms with Crippen molar-refractivity contribution >= 4 is 23.6 Å². The number of aliphatic hydroxyl groups excluding tert-OH is 1. The SMILES string of the molecule is CCCCC1=[N+](CCO)C2C(=O)N(C)C(=O)N(C)C2=N1. The van der Waals surface area contributed by atoms with Crippen LogP contribution in [0.2, 0.25) is 0 Å². The minimum Gasteiger partial charge on any atom is -0.392 e. The molecule has 1 N–H and O–H groups in total. The molecule has 110 valence electrons. The molecule has 0 saturated carbocycles. The van der Waals surface area contributed by atoms with Gasteiger partial charge in [0.25, 0.3) is 23.6 Å². The van der Waals surface area contributed by atoms with Crippen molar-refractivity contribution in [3.8, 4) is 0 Å². The lowest BCUT2D eigenvalue weighted by atomic mass is 10.1. The monoisotopic (exact) mass is 281 g/mol. The Morgan fingerprint density at radius 2 is 2.00 bits per heavy atom. The molecule has 20 heavy (non-hydrogen) atoms. The Kier molecular flexibility index (Phi) is 4.17. The molecule has 2 heterocycles. The predicted octanol–water partition coefficient (Wildman–Crippen LogP) is -0.116. The second-order valence-electron chi connectivity index (χ2n) is 5.05. The highest BCUT2D eigenvalue weighted by Crippen LogP contribution is 2.20. The number of hydrogen-bond acceptors (Lipinski definition) is 4. The van der Waals surface area contributed by atoms with Crippen molar-refractivity contribution in [2.75, 3.05) is 27.2 Å². The maximum absolute atomic E-state index is 12.3. The first-order valence-electron chi connectivity index (χ1n) is 6.90. The minimum absolute atomic E-state index is 0.0520. The number of likely N-dealkylation sites (N-methyl/N-ethyl adjacent to an activating group) is 2. The molecule has 0 aromatic rings. The van der Waals surface area contributed by atoms with Gasteiger partial charge in [0.05, 0.1) is 13.0 Å². The predicted molar refractivity (Wildman–Crippen MR) is 73.9 cm³/mol. The fraction of sp³-hybridized carbons (Fsp3) is 0.692. The summed E-state index contributed by atoms with van der Waals surface area (Å²) in [5, 5.41) is 9.22. The van der Waals surface area contributed by atoms with Gasteiger partial charge in [-0.15, -0.1) is 0 Å². The highest BCUT2D eigenvalue weighted by molar-refractivity contribution is 6.22. The van der Waals surface area contributed by atoms with E-state index in [2.05, 4.69) is 11.9 Å². The van der Waals surface area contributed by atoms with Crippen LogP contribution in [0.15, 0.2) is 4.99 Å². The zero-order chi connectivity index (χ0) is 14.9. The van der Waals surface area contributed by atoms with Gasteiger partial charge < -0.3 is 5.11 Å². The van der Waals surface area contributed by atoms with Gasteiger partial charge in [0, 0.05) is 14.1 Å². The molecule has 2 aliphatic rings. The summed E-state index contributed by atoms with van der Waals surface area (Å²) in [7, 11) is 3.09. The van der Waals surface area contributed by atoms with E-state index in [1.165, 1.54) is 11.9 Å². The van der Waals surface area contributed by atoms with Gasteiger partial charge in [-0.2, -0.15) is 0 Å². The van der Waals surface area contributed by atoms with Gasteiger partial charge in [0.15, 0.2) is 0 Å². The highest BCUT2D eigenvalue weighted by Gasteiger charge is 2.52. The molecule has 0 radical (unpaired) electrons. The van der Waals surface area contributed by atoms with Gasteiger partial charge >= 0.3 is 6.03 Å². The van der Waals surface area contributed by atoms with E-state index < -0.39 is 6.04 Å². The maximum atomic E-state index is 12.3. The number of carbonyl (C=O) groups excluding carboxylic acids is 2. The zero-order valence-electron chi connectivity index (χ0n) is 12.2. The van der Waals surface area contributed by atoms with Crippen molar-refractivity contribution in [2.24, 2.45) is 4.99 Å². The quantitative estimate of drug-likeness (QED) is 0.714. The Hall–Kier alpha value is -1.76. The van der Waals surface area contributed by atoms with Gasteiger partial charge in [-0.1, -0.05) is 13.3 Å². The molecule has 0 bridgehead atoms. The third-order valence-corrected chi connectivity index (χ3v) is 3.71. The average molecular weight is 281 g/mol. The summed E-state index contributed by atoms with van der Waals surface area (Å²) in [5.41, 5.74) is 0. The summed E-state index contributed by atoms with van der Waals surface area (Å²) >= 11 is 0. The number of nitrogens with zero attached hydrogens (tertiary/aromatic N) is 4. The van der Waals surface area contributed by atoms with Crippen LogP contribution >= 0.6 is 0 Å². The van der Waals surface area contributed by atoms with E-state index in [4.69, 9.17) is 0 Å². The third kappa shape index (κ3) is 2.22. The largest absolute Gasteiger partial charge is 0.392 e. The highest BCUT2D eigenvalue weighted by atomic mass is 16.3. The lowest BCUT2D eigenvalue weighted by molar-refractivity contribution is -0.538. The van der Waals surface area contributed by atoms with Crippen molar-refractivity contribution in [3.63, 3.8) is 0 Å². The van der Waals surface area contributed by atoms with E-state index in [1.807, 2.05) is 4.58 Å². The first kappa shape index (κ1) is 14.6. The van der Waals surface area contributed by atoms with Gasteiger partial charge in [-0.3, -0.25) is 14.6 Å². The molecular formula is C13H21N4O3+. The van der Waals surface area contributed by atoms with E-state index in [0.29, 0.717) is 12.4 Å².